The van der Waals surface area contributed by atoms with Crippen LogP contribution in [0.4, 0.5) is 4.39 Å². The first-order valence-corrected chi connectivity index (χ1v) is 6.92. The van der Waals surface area contributed by atoms with Gasteiger partial charge in [0.1, 0.15) is 17.3 Å². The van der Waals surface area contributed by atoms with Gasteiger partial charge in [0.15, 0.2) is 12.7 Å². The molecule has 0 aliphatic rings. The quantitative estimate of drug-likeness (QED) is 0.790. The Kier molecular flexibility index (Phi) is 5.74. The largest absolute Gasteiger partial charge is 0.482 e. The summed E-state index contributed by atoms with van der Waals surface area (Å²) < 4.78 is 27.9. The second kappa shape index (κ2) is 7.98. The fourth-order valence-corrected chi connectivity index (χ4v) is 1.69. The van der Waals surface area contributed by atoms with Crippen LogP contribution in [0.1, 0.15) is 12.7 Å². The Morgan fingerprint density at radius 3 is 2.65 bits per heavy atom. The maximum Gasteiger partial charge on any atom is 0.344 e. The van der Waals surface area contributed by atoms with Crippen LogP contribution in [0.15, 0.2) is 47.1 Å². The van der Waals surface area contributed by atoms with Gasteiger partial charge in [-0.15, -0.1) is 0 Å². The third-order valence-corrected chi connectivity index (χ3v) is 2.86. The summed E-state index contributed by atoms with van der Waals surface area (Å²) in [7, 11) is 0. The molecule has 1 aromatic heterocycles. The summed E-state index contributed by atoms with van der Waals surface area (Å²) >= 11 is 0. The van der Waals surface area contributed by atoms with Crippen molar-refractivity contribution in [3.63, 3.8) is 0 Å². The molecule has 7 heteroatoms. The number of hydrogen-bond acceptors (Lipinski definition) is 5. The molecular formula is C16H16FNO5. The Morgan fingerprint density at radius 2 is 2.00 bits per heavy atom. The van der Waals surface area contributed by atoms with E-state index in [1.54, 1.807) is 12.1 Å². The van der Waals surface area contributed by atoms with Gasteiger partial charge in [-0.3, -0.25) is 4.79 Å². The van der Waals surface area contributed by atoms with E-state index in [1.165, 1.54) is 37.5 Å². The van der Waals surface area contributed by atoms with Crippen molar-refractivity contribution in [1.29, 1.82) is 0 Å². The first-order chi connectivity index (χ1) is 11.0. The summed E-state index contributed by atoms with van der Waals surface area (Å²) in [6.07, 6.45) is 0.534. The number of carbonyl (C=O) groups is 2. The molecule has 0 fully saturated rings. The Bertz CT molecular complexity index is 639. The highest BCUT2D eigenvalue weighted by Gasteiger charge is 2.18. The second-order valence-corrected chi connectivity index (χ2v) is 4.67. The minimum Gasteiger partial charge on any atom is -0.482 e. The van der Waals surface area contributed by atoms with Crippen molar-refractivity contribution in [2.45, 2.75) is 19.6 Å². The van der Waals surface area contributed by atoms with Crippen molar-refractivity contribution in [2.75, 3.05) is 6.61 Å². The van der Waals surface area contributed by atoms with E-state index in [2.05, 4.69) is 5.32 Å². The first-order valence-electron chi connectivity index (χ1n) is 6.92. The fourth-order valence-electron chi connectivity index (χ4n) is 1.69. The molecule has 122 valence electrons. The van der Waals surface area contributed by atoms with Gasteiger partial charge in [0, 0.05) is 0 Å². The lowest BCUT2D eigenvalue weighted by Gasteiger charge is -2.13. The van der Waals surface area contributed by atoms with Crippen molar-refractivity contribution >= 4 is 11.9 Å². The molecule has 1 N–H and O–H groups in total. The number of hydrogen-bond donors (Lipinski definition) is 1. The molecule has 2 aromatic rings. The number of nitrogens with one attached hydrogen (secondary N) is 1. The van der Waals surface area contributed by atoms with Gasteiger partial charge >= 0.3 is 5.97 Å². The number of esters is 1. The third-order valence-electron chi connectivity index (χ3n) is 2.86. The van der Waals surface area contributed by atoms with Crippen LogP contribution >= 0.6 is 0 Å². The van der Waals surface area contributed by atoms with Crippen LogP contribution in [-0.2, 0) is 20.9 Å². The summed E-state index contributed by atoms with van der Waals surface area (Å²) in [6.45, 7) is 1.29. The van der Waals surface area contributed by atoms with E-state index in [0.717, 1.165) is 0 Å². The summed E-state index contributed by atoms with van der Waals surface area (Å²) in [6, 6.07) is 8.63. The lowest BCUT2D eigenvalue weighted by Crippen LogP contribution is -2.36. The van der Waals surface area contributed by atoms with E-state index >= 15 is 0 Å². The average Bonchev–Trinajstić information content (AvgIpc) is 3.05. The highest BCUT2D eigenvalue weighted by Crippen LogP contribution is 2.11. The van der Waals surface area contributed by atoms with Crippen molar-refractivity contribution in [2.24, 2.45) is 0 Å². The predicted molar refractivity (Wildman–Crippen MR) is 78.0 cm³/mol. The number of amides is 1. The lowest BCUT2D eigenvalue weighted by molar-refractivity contribution is -0.156. The normalized spacial score (nSPS) is 11.6. The number of halogens is 1. The molecule has 0 aliphatic heterocycles. The van der Waals surface area contributed by atoms with Crippen LogP contribution in [0.5, 0.6) is 5.75 Å². The zero-order valence-corrected chi connectivity index (χ0v) is 12.5. The van der Waals surface area contributed by atoms with Crippen molar-refractivity contribution < 1.29 is 27.9 Å². The van der Waals surface area contributed by atoms with E-state index in [0.29, 0.717) is 11.5 Å². The van der Waals surface area contributed by atoms with Crippen molar-refractivity contribution in [3.8, 4) is 5.75 Å². The molecule has 0 bridgehead atoms. The molecule has 0 unspecified atom stereocenters. The molecule has 1 atom stereocenters. The van der Waals surface area contributed by atoms with Gasteiger partial charge in [-0.2, -0.15) is 0 Å². The maximum atomic E-state index is 12.7. The molecule has 0 aliphatic carbocycles. The zero-order chi connectivity index (χ0) is 16.7. The van der Waals surface area contributed by atoms with Gasteiger partial charge in [-0.1, -0.05) is 0 Å². The van der Waals surface area contributed by atoms with E-state index < -0.39 is 23.8 Å². The van der Waals surface area contributed by atoms with Crippen LogP contribution in [0.2, 0.25) is 0 Å². The monoisotopic (exact) mass is 321 g/mol. The molecule has 1 heterocycles. The van der Waals surface area contributed by atoms with Crippen LogP contribution in [0.25, 0.3) is 0 Å². The third kappa shape index (κ3) is 5.46. The predicted octanol–water partition coefficient (Wildman–Crippen LogP) is 2.05. The number of rotatable bonds is 7. The number of ether oxygens (including phenoxy) is 2. The maximum absolute atomic E-state index is 12.7. The van der Waals surface area contributed by atoms with Gasteiger partial charge in [-0.05, 0) is 43.3 Å². The smallest absolute Gasteiger partial charge is 0.344 e. The van der Waals surface area contributed by atoms with Crippen LogP contribution in [0, 0.1) is 5.82 Å². The Labute approximate surface area is 132 Å². The van der Waals surface area contributed by atoms with Gasteiger partial charge in [-0.25, -0.2) is 9.18 Å². The summed E-state index contributed by atoms with van der Waals surface area (Å²) in [4.78, 5) is 23.4. The minimum absolute atomic E-state index is 0.208. The van der Waals surface area contributed by atoms with Gasteiger partial charge < -0.3 is 19.2 Å². The van der Waals surface area contributed by atoms with Crippen LogP contribution < -0.4 is 10.1 Å². The van der Waals surface area contributed by atoms with E-state index in [4.69, 9.17) is 13.9 Å². The van der Waals surface area contributed by atoms with Crippen molar-refractivity contribution in [3.05, 3.63) is 54.2 Å². The summed E-state index contributed by atoms with van der Waals surface area (Å²) in [5.41, 5.74) is 0. The molecule has 0 spiro atoms. The molecule has 0 saturated heterocycles. The van der Waals surface area contributed by atoms with E-state index in [-0.39, 0.29) is 13.2 Å². The standard InChI is InChI=1S/C16H16FNO5/c1-11(16(20)18-9-14-3-2-8-21-14)23-15(19)10-22-13-6-4-12(17)5-7-13/h2-8,11H,9-10H2,1H3,(H,18,20)/t11-/m1/s1. The number of carbonyl (C=O) groups excluding carboxylic acids is 2. The average molecular weight is 321 g/mol. The van der Waals surface area contributed by atoms with E-state index in [1.807, 2.05) is 0 Å². The Balaban J connectivity index is 1.71. The highest BCUT2D eigenvalue weighted by atomic mass is 19.1. The number of benzene rings is 1. The fraction of sp³-hybridized carbons (Fsp3) is 0.250. The van der Waals surface area contributed by atoms with Gasteiger partial charge in [0.2, 0.25) is 0 Å². The second-order valence-electron chi connectivity index (χ2n) is 4.67. The van der Waals surface area contributed by atoms with Crippen LogP contribution in [-0.4, -0.2) is 24.6 Å². The molecule has 0 radical (unpaired) electrons. The van der Waals surface area contributed by atoms with Gasteiger partial charge in [0.25, 0.3) is 5.91 Å². The molecule has 1 amide bonds. The zero-order valence-electron chi connectivity index (χ0n) is 12.5. The summed E-state index contributed by atoms with van der Waals surface area (Å²) in [5, 5.41) is 2.58. The van der Waals surface area contributed by atoms with E-state index in [9.17, 15) is 14.0 Å². The van der Waals surface area contributed by atoms with Gasteiger partial charge in [0.05, 0.1) is 12.8 Å². The molecule has 1 aromatic carbocycles. The molecule has 6 nitrogen and oxygen atoms in total. The van der Waals surface area contributed by atoms with Crippen LogP contribution in [0.3, 0.4) is 0 Å². The Hall–Kier alpha value is -2.83. The highest BCUT2D eigenvalue weighted by molar-refractivity contribution is 5.83. The molecular weight excluding hydrogens is 305 g/mol. The first kappa shape index (κ1) is 16.5. The lowest BCUT2D eigenvalue weighted by atomic mass is 10.3. The number of furan rings is 1. The Morgan fingerprint density at radius 1 is 1.26 bits per heavy atom. The summed E-state index contributed by atoms with van der Waals surface area (Å²) in [5.74, 6) is -0.622. The topological polar surface area (TPSA) is 77.8 Å². The molecule has 0 saturated carbocycles. The molecule has 2 rings (SSSR count). The molecule has 23 heavy (non-hydrogen) atoms. The van der Waals surface area contributed by atoms with Crippen molar-refractivity contribution in [1.82, 2.24) is 5.32 Å². The SMILES string of the molecule is C[C@@H](OC(=O)COc1ccc(F)cc1)C(=O)NCc1ccco1. The minimum atomic E-state index is -0.964.